The van der Waals surface area contributed by atoms with Crippen molar-refractivity contribution in [3.05, 3.63) is 79.0 Å². The normalized spacial score (nSPS) is 21.3. The Balaban J connectivity index is 0.000000216. The Morgan fingerprint density at radius 2 is 1.82 bits per heavy atom. The molecule has 2 aromatic rings. The maximum absolute atomic E-state index is 11.9. The number of hydrogen-bond acceptors (Lipinski definition) is 2. The molecule has 2 aromatic carbocycles. The van der Waals surface area contributed by atoms with Gasteiger partial charge in [-0.05, 0) is 38.1 Å². The molecule has 2 heterocycles. The summed E-state index contributed by atoms with van der Waals surface area (Å²) in [5.41, 5.74) is 6.56. The average Bonchev–Trinajstić information content (AvgIpc) is 3.30. The number of fused-ring (bicyclic) bond motifs is 2. The molecule has 0 aliphatic carbocycles. The van der Waals surface area contributed by atoms with Gasteiger partial charge in [0.25, 0.3) is 0 Å². The van der Waals surface area contributed by atoms with E-state index >= 15 is 0 Å². The molecule has 2 aliphatic heterocycles. The number of nitrogens with two attached hydrogens (primary N) is 1. The summed E-state index contributed by atoms with van der Waals surface area (Å²) in [6.07, 6.45) is 3.27. The third-order valence-electron chi connectivity index (χ3n) is 4.89. The van der Waals surface area contributed by atoms with Crippen LogP contribution in [-0.4, -0.2) is 37.1 Å². The van der Waals surface area contributed by atoms with Crippen molar-refractivity contribution in [2.75, 3.05) is 26.2 Å². The van der Waals surface area contributed by atoms with Crippen molar-refractivity contribution in [1.29, 1.82) is 0 Å². The van der Waals surface area contributed by atoms with Crippen LogP contribution in [0.4, 0.5) is 9.18 Å². The summed E-state index contributed by atoms with van der Waals surface area (Å²) in [6, 6.07) is 18.5. The van der Waals surface area contributed by atoms with Gasteiger partial charge in [0.1, 0.15) is 5.82 Å². The first-order valence-electron chi connectivity index (χ1n) is 9.24. The van der Waals surface area contributed by atoms with Gasteiger partial charge in [-0.1, -0.05) is 18.2 Å². The number of halogens is 1. The second-order valence-corrected chi connectivity index (χ2v) is 6.93. The molecule has 0 radical (unpaired) electrons. The van der Waals surface area contributed by atoms with Gasteiger partial charge in [0.05, 0.1) is 0 Å². The van der Waals surface area contributed by atoms with Crippen LogP contribution in [0, 0.1) is 71.1 Å². The third-order valence-corrected chi connectivity index (χ3v) is 4.89. The Kier molecular flexibility index (Phi) is 12.0. The van der Waals surface area contributed by atoms with E-state index < -0.39 is 6.03 Å². The molecule has 0 spiro atoms. The van der Waals surface area contributed by atoms with Gasteiger partial charge in [0.15, 0.2) is 0 Å². The number of rotatable bonds is 3. The number of carbonyl (C=O) groups excluding carboxylic acids is 1. The van der Waals surface area contributed by atoms with Gasteiger partial charge >= 0.3 is 53.0 Å². The van der Waals surface area contributed by atoms with Gasteiger partial charge in [-0.2, -0.15) is 42.3 Å². The van der Waals surface area contributed by atoms with Crippen LogP contribution in [-0.2, 0) is 6.42 Å². The fourth-order valence-corrected chi connectivity index (χ4v) is 3.33. The fourth-order valence-electron chi connectivity index (χ4n) is 3.33. The zero-order chi connectivity index (χ0) is 19.5. The van der Waals surface area contributed by atoms with E-state index in [1.54, 1.807) is 18.2 Å². The van der Waals surface area contributed by atoms with Crippen molar-refractivity contribution in [1.82, 2.24) is 10.2 Å². The SMILES string of the molecule is Fc1ccccc1.NC(=O)NCC12CCN(CC1)C2.[CH2-]Cc1[c-]cccc1.[Yb+2]. The number of benzene rings is 2. The second kappa shape index (κ2) is 13.4. The fraction of sp³-hybridized carbons (Fsp3) is 0.364. The predicted molar refractivity (Wildman–Crippen MR) is 106 cm³/mol. The monoisotopic (exact) mass is 543 g/mol. The topological polar surface area (TPSA) is 58.4 Å². The van der Waals surface area contributed by atoms with Crippen LogP contribution in [0.3, 0.4) is 0 Å². The summed E-state index contributed by atoms with van der Waals surface area (Å²) in [5, 5.41) is 2.72. The molecule has 0 unspecified atom stereocenters. The number of urea groups is 1. The second-order valence-electron chi connectivity index (χ2n) is 6.93. The quantitative estimate of drug-likeness (QED) is 0.585. The van der Waals surface area contributed by atoms with Gasteiger partial charge in [0.2, 0.25) is 0 Å². The molecule has 2 fully saturated rings. The van der Waals surface area contributed by atoms with Crippen molar-refractivity contribution in [2.24, 2.45) is 11.1 Å². The van der Waals surface area contributed by atoms with Crippen LogP contribution in [0.15, 0.2) is 54.6 Å². The smallest absolute Gasteiger partial charge is 0.352 e. The molecule has 2 bridgehead atoms. The number of nitrogens with zero attached hydrogens (tertiary/aromatic N) is 1. The van der Waals surface area contributed by atoms with Crippen molar-refractivity contribution in [3.8, 4) is 0 Å². The van der Waals surface area contributed by atoms with E-state index in [4.69, 9.17) is 5.73 Å². The van der Waals surface area contributed by atoms with Gasteiger partial charge < -0.3 is 22.9 Å². The number of carbonyl (C=O) groups is 1. The minimum absolute atomic E-state index is 0. The zero-order valence-electron chi connectivity index (χ0n) is 15.9. The van der Waals surface area contributed by atoms with Gasteiger partial charge in [-0.3, -0.25) is 0 Å². The molecule has 4 rings (SSSR count). The van der Waals surface area contributed by atoms with E-state index in [0.717, 1.165) is 19.5 Å². The average molecular weight is 543 g/mol. The number of piperidine rings is 1. The summed E-state index contributed by atoms with van der Waals surface area (Å²) in [6.45, 7) is 8.02. The Bertz CT molecular complexity index is 677. The van der Waals surface area contributed by atoms with Crippen molar-refractivity contribution in [3.63, 3.8) is 0 Å². The molecule has 0 saturated carbocycles. The maximum Gasteiger partial charge on any atom is 2.00 e. The first-order valence-corrected chi connectivity index (χ1v) is 9.24. The Labute approximate surface area is 206 Å². The van der Waals surface area contributed by atoms with E-state index in [2.05, 4.69) is 23.2 Å². The third kappa shape index (κ3) is 9.08. The molecule has 4 nitrogen and oxygen atoms in total. The zero-order valence-corrected chi connectivity index (χ0v) is 17.6. The van der Waals surface area contributed by atoms with Crippen LogP contribution in [0.25, 0.3) is 0 Å². The predicted octanol–water partition coefficient (Wildman–Crippen LogP) is 3.44. The molecule has 2 aliphatic rings. The van der Waals surface area contributed by atoms with E-state index in [9.17, 15) is 9.18 Å². The van der Waals surface area contributed by atoms with E-state index in [-0.39, 0.29) is 52.7 Å². The van der Waals surface area contributed by atoms with Crippen LogP contribution < -0.4 is 11.1 Å². The number of hydrogen-bond donors (Lipinski definition) is 2. The van der Waals surface area contributed by atoms with Gasteiger partial charge in [0, 0.05) is 18.5 Å². The first-order chi connectivity index (χ1) is 13.0. The summed E-state index contributed by atoms with van der Waals surface area (Å²) < 4.78 is 11.9. The van der Waals surface area contributed by atoms with E-state index in [0.29, 0.717) is 5.41 Å². The first kappa shape index (κ1) is 25.2. The van der Waals surface area contributed by atoms with Gasteiger partial charge in [-0.25, -0.2) is 9.18 Å². The molecule has 2 saturated heterocycles. The molecule has 0 atom stereocenters. The summed E-state index contributed by atoms with van der Waals surface area (Å²) in [4.78, 5) is 13.0. The standard InChI is InChI=1S/C8H15N3O.C8H8.C6H5F.Yb/c9-7(12)10-5-8-1-3-11(6-8)4-2-8;1-2-8-6-4-3-5-7-8;7-6-4-2-1-3-5-6;/h1-6H2,(H3,9,10,12);3-6H,1-2H2;1-5H;/q;-2;;+2. The molecule has 2 amide bonds. The van der Waals surface area contributed by atoms with Crippen LogP contribution in [0.1, 0.15) is 18.4 Å². The van der Waals surface area contributed by atoms with E-state index in [1.807, 2.05) is 24.3 Å². The van der Waals surface area contributed by atoms with Crippen LogP contribution in [0.5, 0.6) is 0 Å². The minimum Gasteiger partial charge on any atom is -0.352 e. The molecular weight excluding hydrogens is 514 g/mol. The summed E-state index contributed by atoms with van der Waals surface area (Å²) in [7, 11) is 0. The Morgan fingerprint density at radius 1 is 1.18 bits per heavy atom. The molecule has 3 N–H and O–H groups in total. The molecular formula is C22H28FN3OYb. The Morgan fingerprint density at radius 3 is 2.18 bits per heavy atom. The summed E-state index contributed by atoms with van der Waals surface area (Å²) >= 11 is 0. The molecule has 158 valence electrons. The van der Waals surface area contributed by atoms with Crippen LogP contribution in [0.2, 0.25) is 0 Å². The van der Waals surface area contributed by atoms with Crippen molar-refractivity contribution >= 4 is 6.03 Å². The van der Waals surface area contributed by atoms with Crippen LogP contribution >= 0.6 is 0 Å². The van der Waals surface area contributed by atoms with Crippen molar-refractivity contribution in [2.45, 2.75) is 19.3 Å². The number of nitrogens with one attached hydrogen (secondary N) is 1. The Hall–Kier alpha value is -0.881. The number of amides is 2. The number of primary amides is 1. The molecule has 0 aromatic heterocycles. The largest absolute Gasteiger partial charge is 2.00 e. The van der Waals surface area contributed by atoms with Gasteiger partial charge in [-0.15, -0.1) is 0 Å². The molecule has 6 heteroatoms. The minimum atomic E-state index is -0.394. The maximum atomic E-state index is 11.9. The van der Waals surface area contributed by atoms with E-state index in [1.165, 1.54) is 43.6 Å². The van der Waals surface area contributed by atoms with Crippen molar-refractivity contribution < 1.29 is 56.1 Å². The molecule has 28 heavy (non-hydrogen) atoms. The summed E-state index contributed by atoms with van der Waals surface area (Å²) in [5.74, 6) is -0.178.